The molecule has 0 saturated carbocycles. The van der Waals surface area contributed by atoms with E-state index in [0.29, 0.717) is 6.42 Å². The van der Waals surface area contributed by atoms with Gasteiger partial charge in [-0.3, -0.25) is 4.79 Å². The van der Waals surface area contributed by atoms with E-state index in [1.54, 1.807) is 0 Å². The van der Waals surface area contributed by atoms with Crippen LogP contribution in [0.15, 0.2) is 12.7 Å². The molecule has 0 aromatic carbocycles. The predicted molar refractivity (Wildman–Crippen MR) is 124 cm³/mol. The highest BCUT2D eigenvalue weighted by molar-refractivity contribution is 5.69. The van der Waals surface area contributed by atoms with Gasteiger partial charge in [-0.2, -0.15) is 0 Å². The van der Waals surface area contributed by atoms with Crippen molar-refractivity contribution in [3.63, 3.8) is 0 Å². The summed E-state index contributed by atoms with van der Waals surface area (Å²) in [7, 11) is 0. The lowest BCUT2D eigenvalue weighted by Crippen LogP contribution is -2.21. The van der Waals surface area contributed by atoms with Gasteiger partial charge in [-0.1, -0.05) is 103 Å². The van der Waals surface area contributed by atoms with Crippen LogP contribution in [0.4, 0.5) is 0 Å². The first kappa shape index (κ1) is 30.3. The second kappa shape index (κ2) is 27.1. The Balaban J connectivity index is 0. The number of ether oxygens (including phenoxy) is 1. The van der Waals surface area contributed by atoms with Crippen LogP contribution in [0.5, 0.6) is 0 Å². The summed E-state index contributed by atoms with van der Waals surface area (Å²) in [6.07, 6.45) is 21.9. The zero-order valence-corrected chi connectivity index (χ0v) is 19.5. The number of hydrogen-bond acceptors (Lipinski definition) is 4. The first-order valence-electron chi connectivity index (χ1n) is 12.2. The number of unbranched alkanes of at least 4 members (excludes halogenated alkanes) is 14. The van der Waals surface area contributed by atoms with Crippen molar-refractivity contribution in [1.82, 2.24) is 0 Å². The maximum absolute atomic E-state index is 11.3. The highest BCUT2D eigenvalue weighted by Crippen LogP contribution is 2.10. The fraction of sp³-hybridized carbons (Fsp3) is 0.880. The van der Waals surface area contributed by atoms with Crippen LogP contribution in [-0.2, 0) is 9.53 Å². The van der Waals surface area contributed by atoms with E-state index in [1.807, 2.05) is 6.08 Å². The number of allylic oxidation sites excluding steroid dienone is 1. The Bertz CT molecular complexity index is 331. The second-order valence-electron chi connectivity index (χ2n) is 7.94. The molecule has 4 nitrogen and oxygen atoms in total. The first-order chi connectivity index (χ1) is 14.1. The van der Waals surface area contributed by atoms with Crippen molar-refractivity contribution in [2.75, 3.05) is 13.2 Å². The molecule has 0 saturated heterocycles. The highest BCUT2D eigenvalue weighted by Gasteiger charge is 2.07. The quantitative estimate of drug-likeness (QED) is 0.132. The molecule has 0 fully saturated rings. The average molecular weight is 415 g/mol. The maximum Gasteiger partial charge on any atom is 0.305 e. The van der Waals surface area contributed by atoms with E-state index < -0.39 is 6.10 Å². The van der Waals surface area contributed by atoms with Crippen LogP contribution in [0, 0.1) is 0 Å². The number of hydrogen-bond donors (Lipinski definition) is 2. The molecular formula is C25H50O4. The van der Waals surface area contributed by atoms with E-state index in [1.165, 1.54) is 89.9 Å². The van der Waals surface area contributed by atoms with Gasteiger partial charge < -0.3 is 14.9 Å². The van der Waals surface area contributed by atoms with Gasteiger partial charge in [0.2, 0.25) is 0 Å². The Morgan fingerprint density at radius 2 is 1.28 bits per heavy atom. The van der Waals surface area contributed by atoms with Crippen LogP contribution in [0.25, 0.3) is 0 Å². The number of esters is 1. The third-order valence-electron chi connectivity index (χ3n) is 4.89. The summed E-state index contributed by atoms with van der Waals surface area (Å²) >= 11 is 0. The van der Waals surface area contributed by atoms with E-state index in [0.717, 1.165) is 12.8 Å². The van der Waals surface area contributed by atoms with Crippen LogP contribution in [-0.4, -0.2) is 35.5 Å². The molecular weight excluding hydrogens is 364 g/mol. The Hall–Kier alpha value is -0.870. The summed E-state index contributed by atoms with van der Waals surface area (Å²) in [5.41, 5.74) is 0. The van der Waals surface area contributed by atoms with Crippen LogP contribution in [0.2, 0.25) is 0 Å². The molecule has 0 bridgehead atoms. The van der Waals surface area contributed by atoms with Crippen molar-refractivity contribution in [3.05, 3.63) is 12.7 Å². The smallest absolute Gasteiger partial charge is 0.305 e. The molecule has 1 unspecified atom stereocenters. The van der Waals surface area contributed by atoms with Crippen LogP contribution < -0.4 is 0 Å². The Kier molecular flexibility index (Phi) is 28.4. The van der Waals surface area contributed by atoms with Crippen molar-refractivity contribution in [1.29, 1.82) is 0 Å². The standard InChI is InChI=1S/C15H30O4.C10H20/c1-2-3-4-5-6-7-8-9-10-11-15(18)19-13-14(17)12-16;1-3-5-7-9-10-8-6-4-2/h14,16-17H,2-13H2,1H3;3H,1,4-10H2,2H3. The fourth-order valence-electron chi connectivity index (χ4n) is 2.96. The van der Waals surface area contributed by atoms with Crippen LogP contribution in [0.1, 0.15) is 123 Å². The van der Waals surface area contributed by atoms with Crippen molar-refractivity contribution in [2.24, 2.45) is 0 Å². The van der Waals surface area contributed by atoms with Gasteiger partial charge in [0.25, 0.3) is 0 Å². The van der Waals surface area contributed by atoms with E-state index >= 15 is 0 Å². The van der Waals surface area contributed by atoms with Crippen molar-refractivity contribution >= 4 is 5.97 Å². The van der Waals surface area contributed by atoms with Gasteiger partial charge in [-0.05, 0) is 19.3 Å². The van der Waals surface area contributed by atoms with Crippen molar-refractivity contribution < 1.29 is 19.7 Å². The summed E-state index contributed by atoms with van der Waals surface area (Å²) in [5.74, 6) is -0.282. The van der Waals surface area contributed by atoms with Gasteiger partial charge in [0.05, 0.1) is 6.61 Å². The van der Waals surface area contributed by atoms with Crippen LogP contribution >= 0.6 is 0 Å². The second-order valence-corrected chi connectivity index (χ2v) is 7.94. The van der Waals surface area contributed by atoms with Gasteiger partial charge >= 0.3 is 5.97 Å². The highest BCUT2D eigenvalue weighted by atomic mass is 16.5. The first-order valence-corrected chi connectivity index (χ1v) is 12.2. The lowest BCUT2D eigenvalue weighted by Gasteiger charge is -2.08. The van der Waals surface area contributed by atoms with E-state index in [2.05, 4.69) is 20.4 Å². The number of aliphatic hydroxyl groups excluding tert-OH is 2. The monoisotopic (exact) mass is 414 g/mol. The van der Waals surface area contributed by atoms with Crippen molar-refractivity contribution in [3.8, 4) is 0 Å². The average Bonchev–Trinajstić information content (AvgIpc) is 2.73. The molecule has 0 aromatic heterocycles. The minimum atomic E-state index is -0.952. The molecule has 0 heterocycles. The molecule has 0 aliphatic rings. The largest absolute Gasteiger partial charge is 0.463 e. The molecule has 0 radical (unpaired) electrons. The molecule has 174 valence electrons. The van der Waals surface area contributed by atoms with Gasteiger partial charge in [0.1, 0.15) is 12.7 Å². The predicted octanol–water partition coefficient (Wildman–Crippen LogP) is 6.73. The third kappa shape index (κ3) is 29.4. The zero-order chi connectivity index (χ0) is 22.0. The third-order valence-corrected chi connectivity index (χ3v) is 4.89. The summed E-state index contributed by atoms with van der Waals surface area (Å²) < 4.78 is 4.82. The zero-order valence-electron chi connectivity index (χ0n) is 19.5. The number of carbonyl (C=O) groups excluding carboxylic acids is 1. The van der Waals surface area contributed by atoms with Gasteiger partial charge in [0.15, 0.2) is 0 Å². The van der Waals surface area contributed by atoms with Gasteiger partial charge in [-0.25, -0.2) is 0 Å². The molecule has 0 aliphatic carbocycles. The Morgan fingerprint density at radius 1 is 0.828 bits per heavy atom. The van der Waals surface area contributed by atoms with Crippen LogP contribution in [0.3, 0.4) is 0 Å². The van der Waals surface area contributed by atoms with Gasteiger partial charge in [-0.15, -0.1) is 6.58 Å². The molecule has 2 N–H and O–H groups in total. The molecule has 0 amide bonds. The number of rotatable bonds is 20. The summed E-state index contributed by atoms with van der Waals surface area (Å²) in [5, 5.41) is 17.6. The lowest BCUT2D eigenvalue weighted by atomic mass is 10.1. The van der Waals surface area contributed by atoms with E-state index in [9.17, 15) is 4.79 Å². The van der Waals surface area contributed by atoms with E-state index in [-0.39, 0.29) is 19.2 Å². The number of carbonyl (C=O) groups is 1. The maximum atomic E-state index is 11.3. The molecule has 0 aliphatic heterocycles. The Labute approximate surface area is 181 Å². The molecule has 4 heteroatoms. The topological polar surface area (TPSA) is 66.8 Å². The SMILES string of the molecule is C=CCCCCCCCC.CCCCCCCCCCCC(=O)OCC(O)CO. The lowest BCUT2D eigenvalue weighted by molar-refractivity contribution is -0.147. The molecule has 0 rings (SSSR count). The molecule has 29 heavy (non-hydrogen) atoms. The Morgan fingerprint density at radius 3 is 1.72 bits per heavy atom. The molecule has 0 aromatic rings. The van der Waals surface area contributed by atoms with Crippen molar-refractivity contribution in [2.45, 2.75) is 129 Å². The minimum Gasteiger partial charge on any atom is -0.463 e. The summed E-state index contributed by atoms with van der Waals surface area (Å²) in [4.78, 5) is 11.3. The summed E-state index contributed by atoms with van der Waals surface area (Å²) in [6.45, 7) is 7.70. The minimum absolute atomic E-state index is 0.104. The van der Waals surface area contributed by atoms with Gasteiger partial charge in [0, 0.05) is 6.42 Å². The normalized spacial score (nSPS) is 11.4. The van der Waals surface area contributed by atoms with E-state index in [4.69, 9.17) is 14.9 Å². The molecule has 1 atom stereocenters. The summed E-state index contributed by atoms with van der Waals surface area (Å²) in [6, 6.07) is 0. The number of aliphatic hydroxyl groups is 2. The fourth-order valence-corrected chi connectivity index (χ4v) is 2.96. The molecule has 0 spiro atoms.